The van der Waals surface area contributed by atoms with E-state index in [0.717, 1.165) is 22.3 Å². The molecule has 3 aromatic heterocycles. The van der Waals surface area contributed by atoms with Gasteiger partial charge in [-0.25, -0.2) is 9.97 Å². The zero-order valence-electron chi connectivity index (χ0n) is 14.2. The number of aromatic nitrogens is 2. The van der Waals surface area contributed by atoms with Crippen LogP contribution in [0.5, 0.6) is 23.3 Å². The molecule has 0 spiro atoms. The van der Waals surface area contributed by atoms with Crippen LogP contribution < -0.4 is 9.47 Å². The van der Waals surface area contributed by atoms with Crippen LogP contribution in [-0.2, 0) is 0 Å². The van der Waals surface area contributed by atoms with Crippen molar-refractivity contribution < 1.29 is 9.47 Å². The fourth-order valence-corrected chi connectivity index (χ4v) is 3.99. The van der Waals surface area contributed by atoms with Gasteiger partial charge in [-0.15, -0.1) is 11.3 Å². The van der Waals surface area contributed by atoms with Crippen LogP contribution in [0, 0.1) is 0 Å². The molecule has 0 aliphatic carbocycles. The van der Waals surface area contributed by atoms with E-state index in [-0.39, 0.29) is 0 Å². The van der Waals surface area contributed by atoms with E-state index in [4.69, 9.17) is 9.47 Å². The first-order chi connectivity index (χ1) is 13.3. The fourth-order valence-electron chi connectivity index (χ4n) is 2.92. The quantitative estimate of drug-likeness (QED) is 0.366. The largest absolute Gasteiger partial charge is 0.439 e. The van der Waals surface area contributed by atoms with Gasteiger partial charge in [-0.2, -0.15) is 0 Å². The summed E-state index contributed by atoms with van der Waals surface area (Å²) in [7, 11) is 0. The average molecular weight is 370 g/mol. The molecule has 0 atom stereocenters. The van der Waals surface area contributed by atoms with E-state index in [9.17, 15) is 0 Å². The molecule has 5 rings (SSSR count). The summed E-state index contributed by atoms with van der Waals surface area (Å²) in [5, 5.41) is 2.27. The van der Waals surface area contributed by atoms with Gasteiger partial charge in [0.1, 0.15) is 11.5 Å². The molecule has 0 saturated heterocycles. The molecule has 0 radical (unpaired) electrons. The standard InChI is InChI=1S/C22H14N2O2S/c1-3-11-23-21(5-1)25-15-7-9-19-17(13-15)18-14-16(8-10-20(18)27-19)26-22-6-2-4-12-24-22/h1-14H. The lowest BCUT2D eigenvalue weighted by molar-refractivity contribution is 0.463. The Hall–Kier alpha value is -3.44. The first-order valence-corrected chi connectivity index (χ1v) is 9.31. The van der Waals surface area contributed by atoms with Gasteiger partial charge in [0.05, 0.1) is 0 Å². The molecule has 0 amide bonds. The molecule has 5 heteroatoms. The zero-order chi connectivity index (χ0) is 18.1. The highest BCUT2D eigenvalue weighted by molar-refractivity contribution is 7.25. The van der Waals surface area contributed by atoms with E-state index in [1.54, 1.807) is 23.7 Å². The van der Waals surface area contributed by atoms with Crippen LogP contribution >= 0.6 is 11.3 Å². The van der Waals surface area contributed by atoms with Gasteiger partial charge in [-0.05, 0) is 48.5 Å². The topological polar surface area (TPSA) is 44.2 Å². The Kier molecular flexibility index (Phi) is 3.92. The number of benzene rings is 2. The van der Waals surface area contributed by atoms with Gasteiger partial charge in [0.2, 0.25) is 11.8 Å². The van der Waals surface area contributed by atoms with Crippen molar-refractivity contribution in [3.63, 3.8) is 0 Å². The molecule has 27 heavy (non-hydrogen) atoms. The van der Waals surface area contributed by atoms with Crippen molar-refractivity contribution >= 4 is 31.5 Å². The molecule has 0 saturated carbocycles. The summed E-state index contributed by atoms with van der Waals surface area (Å²) in [5.41, 5.74) is 0. The molecule has 0 bridgehead atoms. The SMILES string of the molecule is c1ccc(Oc2ccc3sc4ccc(Oc5ccccn5)cc4c3c2)nc1. The lowest BCUT2D eigenvalue weighted by Crippen LogP contribution is -1.86. The highest BCUT2D eigenvalue weighted by Crippen LogP contribution is 2.38. The number of ether oxygens (including phenoxy) is 2. The van der Waals surface area contributed by atoms with Gasteiger partial charge >= 0.3 is 0 Å². The van der Waals surface area contributed by atoms with Gasteiger partial charge in [0.15, 0.2) is 0 Å². The molecule has 0 unspecified atom stereocenters. The number of hydrogen-bond donors (Lipinski definition) is 0. The summed E-state index contributed by atoms with van der Waals surface area (Å²) >= 11 is 1.75. The Bertz CT molecular complexity index is 1120. The summed E-state index contributed by atoms with van der Waals surface area (Å²) in [6.07, 6.45) is 3.43. The number of rotatable bonds is 4. The molecule has 3 heterocycles. The maximum Gasteiger partial charge on any atom is 0.219 e. The molecule has 0 fully saturated rings. The van der Waals surface area contributed by atoms with Crippen molar-refractivity contribution in [2.45, 2.75) is 0 Å². The third-order valence-electron chi connectivity index (χ3n) is 4.13. The van der Waals surface area contributed by atoms with E-state index in [1.807, 2.05) is 60.7 Å². The van der Waals surface area contributed by atoms with Crippen LogP contribution in [0.4, 0.5) is 0 Å². The van der Waals surface area contributed by atoms with Gasteiger partial charge in [-0.1, -0.05) is 12.1 Å². The summed E-state index contributed by atoms with van der Waals surface area (Å²) in [5.74, 6) is 2.68. The van der Waals surface area contributed by atoms with Crippen LogP contribution in [0.2, 0.25) is 0 Å². The van der Waals surface area contributed by atoms with Crippen molar-refractivity contribution in [3.05, 3.63) is 85.2 Å². The molecule has 0 N–H and O–H groups in total. The van der Waals surface area contributed by atoms with Crippen LogP contribution in [0.1, 0.15) is 0 Å². The third-order valence-corrected chi connectivity index (χ3v) is 5.28. The Morgan fingerprint density at radius 1 is 0.593 bits per heavy atom. The molecule has 4 nitrogen and oxygen atoms in total. The molecular weight excluding hydrogens is 356 g/mol. The second-order valence-corrected chi connectivity index (χ2v) is 7.04. The van der Waals surface area contributed by atoms with Crippen LogP contribution in [0.25, 0.3) is 20.2 Å². The minimum atomic E-state index is 0.579. The maximum atomic E-state index is 5.88. The Labute approximate surface area is 159 Å². The zero-order valence-corrected chi connectivity index (χ0v) is 15.0. The van der Waals surface area contributed by atoms with Gasteiger partial charge in [0, 0.05) is 44.7 Å². The Morgan fingerprint density at radius 3 is 1.56 bits per heavy atom. The van der Waals surface area contributed by atoms with E-state index in [2.05, 4.69) is 22.1 Å². The van der Waals surface area contributed by atoms with Gasteiger partial charge in [-0.3, -0.25) is 0 Å². The van der Waals surface area contributed by atoms with Crippen molar-refractivity contribution in [1.82, 2.24) is 9.97 Å². The van der Waals surface area contributed by atoms with Crippen molar-refractivity contribution in [2.75, 3.05) is 0 Å². The predicted octanol–water partition coefficient (Wildman–Crippen LogP) is 6.43. The average Bonchev–Trinajstić information content (AvgIpc) is 3.07. The maximum absolute atomic E-state index is 5.88. The number of fused-ring (bicyclic) bond motifs is 3. The number of thiophene rings is 1. The van der Waals surface area contributed by atoms with E-state index >= 15 is 0 Å². The minimum absolute atomic E-state index is 0.579. The van der Waals surface area contributed by atoms with Crippen LogP contribution in [0.15, 0.2) is 85.2 Å². The summed E-state index contributed by atoms with van der Waals surface area (Å²) in [4.78, 5) is 8.44. The second-order valence-electron chi connectivity index (χ2n) is 5.96. The lowest BCUT2D eigenvalue weighted by Gasteiger charge is -2.05. The fraction of sp³-hybridized carbons (Fsp3) is 0. The molecular formula is C22H14N2O2S. The summed E-state index contributed by atoms with van der Waals surface area (Å²) < 4.78 is 14.2. The smallest absolute Gasteiger partial charge is 0.219 e. The summed E-state index contributed by atoms with van der Waals surface area (Å²) in [6, 6.07) is 23.4. The summed E-state index contributed by atoms with van der Waals surface area (Å²) in [6.45, 7) is 0. The Morgan fingerprint density at radius 2 is 1.11 bits per heavy atom. The van der Waals surface area contributed by atoms with E-state index in [1.165, 1.54) is 9.40 Å². The third kappa shape index (κ3) is 3.20. The van der Waals surface area contributed by atoms with Crippen LogP contribution in [0.3, 0.4) is 0 Å². The number of hydrogen-bond acceptors (Lipinski definition) is 5. The molecule has 0 aliphatic heterocycles. The lowest BCUT2D eigenvalue weighted by atomic mass is 10.1. The molecule has 130 valence electrons. The number of pyridine rings is 2. The normalized spacial score (nSPS) is 11.0. The Balaban J connectivity index is 1.54. The predicted molar refractivity (Wildman–Crippen MR) is 108 cm³/mol. The highest BCUT2D eigenvalue weighted by Gasteiger charge is 2.09. The number of nitrogens with zero attached hydrogens (tertiary/aromatic N) is 2. The highest BCUT2D eigenvalue weighted by atomic mass is 32.1. The van der Waals surface area contributed by atoms with Crippen molar-refractivity contribution in [2.24, 2.45) is 0 Å². The van der Waals surface area contributed by atoms with Gasteiger partial charge < -0.3 is 9.47 Å². The first-order valence-electron chi connectivity index (χ1n) is 8.49. The van der Waals surface area contributed by atoms with E-state index in [0.29, 0.717) is 11.8 Å². The van der Waals surface area contributed by atoms with Crippen molar-refractivity contribution in [1.29, 1.82) is 0 Å². The van der Waals surface area contributed by atoms with Gasteiger partial charge in [0.25, 0.3) is 0 Å². The molecule has 5 aromatic rings. The van der Waals surface area contributed by atoms with Crippen molar-refractivity contribution in [3.8, 4) is 23.3 Å². The van der Waals surface area contributed by atoms with Crippen LogP contribution in [-0.4, -0.2) is 9.97 Å². The van der Waals surface area contributed by atoms with E-state index < -0.39 is 0 Å². The monoisotopic (exact) mass is 370 g/mol. The second kappa shape index (κ2) is 6.70. The molecule has 0 aliphatic rings. The minimum Gasteiger partial charge on any atom is -0.439 e. The molecule has 2 aromatic carbocycles. The first kappa shape index (κ1) is 15.8.